The molecular formula is C10H12ClNO2. The molecule has 0 aliphatic carbocycles. The van der Waals surface area contributed by atoms with Gasteiger partial charge in [0.2, 0.25) is 0 Å². The Morgan fingerprint density at radius 2 is 2.36 bits per heavy atom. The van der Waals surface area contributed by atoms with Crippen LogP contribution >= 0.6 is 11.6 Å². The van der Waals surface area contributed by atoms with Gasteiger partial charge < -0.3 is 4.74 Å². The molecule has 1 aromatic heterocycles. The van der Waals surface area contributed by atoms with E-state index in [0.29, 0.717) is 17.3 Å². The summed E-state index contributed by atoms with van der Waals surface area (Å²) >= 11 is 5.59. The Balaban J connectivity index is 2.48. The van der Waals surface area contributed by atoms with Crippen LogP contribution in [0.1, 0.15) is 23.7 Å². The standard InChI is InChI=1S/C10H12ClNO2/c1-2-5-14-7-9(13)8-3-4-10(11)12-6-8/h3-4,6H,2,5,7H2,1H3. The molecule has 0 N–H and O–H groups in total. The van der Waals surface area contributed by atoms with Gasteiger partial charge in [-0.2, -0.15) is 0 Å². The molecule has 0 aromatic carbocycles. The second-order valence-electron chi connectivity index (χ2n) is 2.85. The molecule has 14 heavy (non-hydrogen) atoms. The molecule has 1 rings (SSSR count). The molecule has 0 spiro atoms. The van der Waals surface area contributed by atoms with Crippen molar-refractivity contribution in [1.82, 2.24) is 4.98 Å². The van der Waals surface area contributed by atoms with E-state index in [1.807, 2.05) is 6.92 Å². The summed E-state index contributed by atoms with van der Waals surface area (Å²) in [5.74, 6) is -0.0670. The van der Waals surface area contributed by atoms with Gasteiger partial charge in [-0.15, -0.1) is 0 Å². The fraction of sp³-hybridized carbons (Fsp3) is 0.400. The zero-order valence-electron chi connectivity index (χ0n) is 8.00. The van der Waals surface area contributed by atoms with Crippen LogP contribution in [0.25, 0.3) is 0 Å². The molecule has 0 atom stereocenters. The Morgan fingerprint density at radius 3 is 2.93 bits per heavy atom. The SMILES string of the molecule is CCCOCC(=O)c1ccc(Cl)nc1. The van der Waals surface area contributed by atoms with E-state index in [0.717, 1.165) is 6.42 Å². The van der Waals surface area contributed by atoms with E-state index in [9.17, 15) is 4.79 Å². The highest BCUT2D eigenvalue weighted by Crippen LogP contribution is 2.05. The molecule has 4 heteroatoms. The molecule has 0 radical (unpaired) electrons. The van der Waals surface area contributed by atoms with Crippen LogP contribution < -0.4 is 0 Å². The highest BCUT2D eigenvalue weighted by molar-refractivity contribution is 6.29. The third-order valence-electron chi connectivity index (χ3n) is 1.63. The van der Waals surface area contributed by atoms with Crippen LogP contribution in [-0.4, -0.2) is 24.0 Å². The van der Waals surface area contributed by atoms with Crippen LogP contribution in [-0.2, 0) is 4.74 Å². The van der Waals surface area contributed by atoms with Crippen molar-refractivity contribution < 1.29 is 9.53 Å². The molecule has 0 saturated heterocycles. The van der Waals surface area contributed by atoms with E-state index >= 15 is 0 Å². The topological polar surface area (TPSA) is 39.2 Å². The number of halogens is 1. The minimum atomic E-state index is -0.0670. The number of ether oxygens (including phenoxy) is 1. The van der Waals surface area contributed by atoms with Gasteiger partial charge in [0.1, 0.15) is 11.8 Å². The first-order valence-electron chi connectivity index (χ1n) is 4.46. The van der Waals surface area contributed by atoms with E-state index in [4.69, 9.17) is 16.3 Å². The third-order valence-corrected chi connectivity index (χ3v) is 1.85. The molecular weight excluding hydrogens is 202 g/mol. The van der Waals surface area contributed by atoms with Gasteiger partial charge in [0.15, 0.2) is 5.78 Å². The number of Topliss-reactive ketones (excluding diaryl/α,β-unsaturated/α-hetero) is 1. The smallest absolute Gasteiger partial charge is 0.190 e. The lowest BCUT2D eigenvalue weighted by Crippen LogP contribution is -2.09. The molecule has 0 amide bonds. The lowest BCUT2D eigenvalue weighted by atomic mass is 10.2. The number of carbonyl (C=O) groups is 1. The lowest BCUT2D eigenvalue weighted by molar-refractivity contribution is 0.0761. The van der Waals surface area contributed by atoms with Crippen LogP contribution in [0.4, 0.5) is 0 Å². The number of nitrogens with zero attached hydrogens (tertiary/aromatic N) is 1. The zero-order chi connectivity index (χ0) is 10.4. The average Bonchev–Trinajstić information content (AvgIpc) is 2.19. The van der Waals surface area contributed by atoms with Crippen molar-refractivity contribution in [3.05, 3.63) is 29.0 Å². The Kier molecular flexibility index (Phi) is 4.56. The van der Waals surface area contributed by atoms with Crippen LogP contribution in [0.15, 0.2) is 18.3 Å². The number of ketones is 1. The molecule has 0 aliphatic rings. The van der Waals surface area contributed by atoms with Crippen molar-refractivity contribution in [2.24, 2.45) is 0 Å². The van der Waals surface area contributed by atoms with Gasteiger partial charge >= 0.3 is 0 Å². The van der Waals surface area contributed by atoms with Crippen molar-refractivity contribution in [2.75, 3.05) is 13.2 Å². The van der Waals surface area contributed by atoms with E-state index in [1.54, 1.807) is 12.1 Å². The second-order valence-corrected chi connectivity index (χ2v) is 3.23. The largest absolute Gasteiger partial charge is 0.373 e. The third kappa shape index (κ3) is 3.44. The number of aromatic nitrogens is 1. The Morgan fingerprint density at radius 1 is 1.57 bits per heavy atom. The molecule has 3 nitrogen and oxygen atoms in total. The predicted molar refractivity (Wildman–Crippen MR) is 54.7 cm³/mol. The summed E-state index contributed by atoms with van der Waals surface area (Å²) in [6.07, 6.45) is 2.37. The summed E-state index contributed by atoms with van der Waals surface area (Å²) in [5.41, 5.74) is 0.533. The van der Waals surface area contributed by atoms with Gasteiger partial charge in [-0.25, -0.2) is 4.98 Å². The van der Waals surface area contributed by atoms with Crippen LogP contribution in [0.2, 0.25) is 5.15 Å². The first-order chi connectivity index (χ1) is 6.74. The van der Waals surface area contributed by atoms with Crippen LogP contribution in [0.5, 0.6) is 0 Å². The van der Waals surface area contributed by atoms with Gasteiger partial charge in [0, 0.05) is 18.4 Å². The van der Waals surface area contributed by atoms with E-state index in [1.165, 1.54) is 6.20 Å². The van der Waals surface area contributed by atoms with Crippen molar-refractivity contribution >= 4 is 17.4 Å². The maximum Gasteiger partial charge on any atom is 0.190 e. The predicted octanol–water partition coefficient (Wildman–Crippen LogP) is 2.34. The fourth-order valence-electron chi connectivity index (χ4n) is 0.933. The summed E-state index contributed by atoms with van der Waals surface area (Å²) in [5, 5.41) is 0.385. The van der Waals surface area contributed by atoms with E-state index in [-0.39, 0.29) is 12.4 Å². The molecule has 0 bridgehead atoms. The quantitative estimate of drug-likeness (QED) is 0.428. The molecule has 1 aromatic rings. The minimum absolute atomic E-state index is 0.0670. The van der Waals surface area contributed by atoms with Gasteiger partial charge in [-0.3, -0.25) is 4.79 Å². The summed E-state index contributed by atoms with van der Waals surface area (Å²) in [4.78, 5) is 15.2. The van der Waals surface area contributed by atoms with E-state index in [2.05, 4.69) is 4.98 Å². The number of rotatable bonds is 5. The van der Waals surface area contributed by atoms with Crippen LogP contribution in [0.3, 0.4) is 0 Å². The molecule has 1 heterocycles. The van der Waals surface area contributed by atoms with Gasteiger partial charge in [0.05, 0.1) is 0 Å². The number of hydrogen-bond donors (Lipinski definition) is 0. The maximum atomic E-state index is 11.4. The summed E-state index contributed by atoms with van der Waals surface area (Å²) in [6, 6.07) is 3.24. The van der Waals surface area contributed by atoms with Crippen molar-refractivity contribution in [1.29, 1.82) is 0 Å². The summed E-state index contributed by atoms with van der Waals surface area (Å²) in [7, 11) is 0. The molecule has 76 valence electrons. The second kappa shape index (κ2) is 5.73. The molecule has 0 unspecified atom stereocenters. The molecule has 0 aliphatic heterocycles. The highest BCUT2D eigenvalue weighted by atomic mass is 35.5. The fourth-order valence-corrected chi connectivity index (χ4v) is 1.05. The minimum Gasteiger partial charge on any atom is -0.373 e. The normalized spacial score (nSPS) is 10.1. The molecule has 0 fully saturated rings. The van der Waals surface area contributed by atoms with Crippen LogP contribution in [0, 0.1) is 0 Å². The van der Waals surface area contributed by atoms with Crippen molar-refractivity contribution in [3.63, 3.8) is 0 Å². The Hall–Kier alpha value is -0.930. The number of carbonyl (C=O) groups excluding carboxylic acids is 1. The Labute approximate surface area is 88.1 Å². The number of pyridine rings is 1. The molecule has 0 saturated carbocycles. The van der Waals surface area contributed by atoms with Gasteiger partial charge in [-0.1, -0.05) is 18.5 Å². The summed E-state index contributed by atoms with van der Waals surface area (Å²) < 4.78 is 5.12. The van der Waals surface area contributed by atoms with Gasteiger partial charge in [0.25, 0.3) is 0 Å². The summed E-state index contributed by atoms with van der Waals surface area (Å²) in [6.45, 7) is 2.71. The van der Waals surface area contributed by atoms with Crippen molar-refractivity contribution in [2.45, 2.75) is 13.3 Å². The van der Waals surface area contributed by atoms with E-state index < -0.39 is 0 Å². The average molecular weight is 214 g/mol. The monoisotopic (exact) mass is 213 g/mol. The maximum absolute atomic E-state index is 11.4. The van der Waals surface area contributed by atoms with Gasteiger partial charge in [-0.05, 0) is 18.6 Å². The first kappa shape index (κ1) is 11.1. The number of hydrogen-bond acceptors (Lipinski definition) is 3. The Bertz CT molecular complexity index is 297. The lowest BCUT2D eigenvalue weighted by Gasteiger charge is -2.01. The highest BCUT2D eigenvalue weighted by Gasteiger charge is 2.05. The zero-order valence-corrected chi connectivity index (χ0v) is 8.75. The van der Waals surface area contributed by atoms with Crippen molar-refractivity contribution in [3.8, 4) is 0 Å². The first-order valence-corrected chi connectivity index (χ1v) is 4.84.